The average Bonchev–Trinajstić information content (AvgIpc) is 2.94. The van der Waals surface area contributed by atoms with Gasteiger partial charge < -0.3 is 4.52 Å². The molecule has 1 aromatic carbocycles. The lowest BCUT2D eigenvalue weighted by molar-refractivity contribution is 0.331. The Morgan fingerprint density at radius 1 is 1.24 bits per heavy atom. The van der Waals surface area contributed by atoms with Gasteiger partial charge >= 0.3 is 0 Å². The molecule has 3 rings (SSSR count). The molecule has 0 saturated heterocycles. The zero-order chi connectivity index (χ0) is 15.0. The van der Waals surface area contributed by atoms with Gasteiger partial charge in [-0.2, -0.15) is 4.31 Å². The Morgan fingerprint density at radius 3 is 2.62 bits per heavy atom. The van der Waals surface area contributed by atoms with E-state index in [0.29, 0.717) is 30.3 Å². The van der Waals surface area contributed by atoms with Crippen LogP contribution in [-0.4, -0.2) is 24.4 Å². The minimum absolute atomic E-state index is 0.326. The topological polar surface area (TPSA) is 63.4 Å². The van der Waals surface area contributed by atoms with E-state index in [4.69, 9.17) is 4.52 Å². The average molecular weight is 306 g/mol. The summed E-state index contributed by atoms with van der Waals surface area (Å²) < 4.78 is 31.9. The molecule has 1 aliphatic heterocycles. The zero-order valence-corrected chi connectivity index (χ0v) is 12.9. The summed E-state index contributed by atoms with van der Waals surface area (Å²) in [5, 5.41) is 3.73. The number of rotatable bonds is 3. The van der Waals surface area contributed by atoms with Crippen molar-refractivity contribution >= 4 is 10.0 Å². The zero-order valence-electron chi connectivity index (χ0n) is 12.1. The third-order valence-electron chi connectivity index (χ3n) is 3.85. The molecule has 1 aliphatic rings. The van der Waals surface area contributed by atoms with Crippen LogP contribution in [0.25, 0.3) is 0 Å². The molecule has 2 heterocycles. The van der Waals surface area contributed by atoms with Crippen molar-refractivity contribution < 1.29 is 12.9 Å². The lowest BCUT2D eigenvalue weighted by atomic mass is 10.0. The van der Waals surface area contributed by atoms with Gasteiger partial charge in [-0.1, -0.05) is 31.1 Å². The summed E-state index contributed by atoms with van der Waals surface area (Å²) in [4.78, 5) is 0.340. The van der Waals surface area contributed by atoms with E-state index in [-0.39, 0.29) is 0 Å². The highest BCUT2D eigenvalue weighted by atomic mass is 32.2. The van der Waals surface area contributed by atoms with Crippen molar-refractivity contribution in [3.63, 3.8) is 0 Å². The van der Waals surface area contributed by atoms with E-state index in [2.05, 4.69) is 19.0 Å². The molecule has 5 nitrogen and oxygen atoms in total. The Morgan fingerprint density at radius 2 is 1.95 bits per heavy atom. The van der Waals surface area contributed by atoms with Crippen LogP contribution in [0, 0.1) is 0 Å². The normalized spacial score (nSPS) is 16.1. The molecule has 2 aromatic rings. The third-order valence-corrected chi connectivity index (χ3v) is 5.71. The molecule has 21 heavy (non-hydrogen) atoms. The maximum absolute atomic E-state index is 12.7. The monoisotopic (exact) mass is 306 g/mol. The maximum Gasteiger partial charge on any atom is 0.243 e. The number of nitrogens with zero attached hydrogens (tertiary/aromatic N) is 2. The molecule has 0 unspecified atom stereocenters. The predicted molar refractivity (Wildman–Crippen MR) is 78.3 cm³/mol. The van der Waals surface area contributed by atoms with Crippen LogP contribution in [0.2, 0.25) is 0 Å². The molecule has 0 amide bonds. The molecule has 0 saturated carbocycles. The van der Waals surface area contributed by atoms with E-state index in [1.807, 2.05) is 12.1 Å². The molecule has 0 spiro atoms. The Hall–Kier alpha value is -1.66. The molecule has 0 bridgehead atoms. The lowest BCUT2D eigenvalue weighted by Crippen LogP contribution is -2.35. The van der Waals surface area contributed by atoms with Gasteiger partial charge in [0.1, 0.15) is 5.76 Å². The van der Waals surface area contributed by atoms with Crippen LogP contribution < -0.4 is 0 Å². The van der Waals surface area contributed by atoms with E-state index in [9.17, 15) is 8.42 Å². The fourth-order valence-corrected chi connectivity index (χ4v) is 3.91. The van der Waals surface area contributed by atoms with Crippen LogP contribution in [0.3, 0.4) is 0 Å². The highest BCUT2D eigenvalue weighted by Crippen LogP contribution is 2.25. The molecule has 0 N–H and O–H groups in total. The maximum atomic E-state index is 12.7. The summed E-state index contributed by atoms with van der Waals surface area (Å²) in [6, 6.07) is 7.14. The standard InChI is InChI=1S/C15H18N2O3S/c1-11(2)12-3-5-14(6-4-12)21(18,19)17-8-7-15-13(10-17)9-16-20-15/h3-6,9,11H,7-8,10H2,1-2H3. The Labute approximate surface area is 124 Å². The minimum Gasteiger partial charge on any atom is -0.361 e. The van der Waals surface area contributed by atoms with Crippen LogP contribution in [0.4, 0.5) is 0 Å². The second kappa shape index (κ2) is 5.27. The number of benzene rings is 1. The van der Waals surface area contributed by atoms with Crippen LogP contribution in [0.5, 0.6) is 0 Å². The molecule has 112 valence electrons. The third kappa shape index (κ3) is 2.61. The summed E-state index contributed by atoms with van der Waals surface area (Å²) in [5.41, 5.74) is 1.98. The van der Waals surface area contributed by atoms with Crippen molar-refractivity contribution in [2.75, 3.05) is 6.54 Å². The van der Waals surface area contributed by atoms with E-state index in [1.165, 1.54) is 4.31 Å². The quantitative estimate of drug-likeness (QED) is 0.874. The van der Waals surface area contributed by atoms with Gasteiger partial charge in [-0.15, -0.1) is 0 Å². The van der Waals surface area contributed by atoms with Gasteiger partial charge in [-0.3, -0.25) is 0 Å². The fraction of sp³-hybridized carbons (Fsp3) is 0.400. The van der Waals surface area contributed by atoms with Gasteiger partial charge in [-0.05, 0) is 23.6 Å². The van der Waals surface area contributed by atoms with Crippen LogP contribution in [0.15, 0.2) is 39.9 Å². The number of sulfonamides is 1. The van der Waals surface area contributed by atoms with E-state index in [1.54, 1.807) is 18.3 Å². The number of fused-ring (bicyclic) bond motifs is 1. The molecule has 0 fully saturated rings. The molecular weight excluding hydrogens is 288 g/mol. The summed E-state index contributed by atoms with van der Waals surface area (Å²) in [6.45, 7) is 4.92. The van der Waals surface area contributed by atoms with E-state index >= 15 is 0 Å². The Bertz CT molecular complexity index is 733. The first-order chi connectivity index (χ1) is 9.98. The second-order valence-corrected chi connectivity index (χ2v) is 7.52. The first-order valence-electron chi connectivity index (χ1n) is 7.01. The molecule has 6 heteroatoms. The Balaban J connectivity index is 1.87. The molecule has 0 atom stereocenters. The van der Waals surface area contributed by atoms with Crippen molar-refractivity contribution in [3.05, 3.63) is 47.3 Å². The van der Waals surface area contributed by atoms with Crippen molar-refractivity contribution in [1.29, 1.82) is 0 Å². The van der Waals surface area contributed by atoms with E-state index < -0.39 is 10.0 Å². The summed E-state index contributed by atoms with van der Waals surface area (Å²) in [7, 11) is -3.46. The van der Waals surface area contributed by atoms with Crippen molar-refractivity contribution in [2.24, 2.45) is 0 Å². The molecular formula is C15H18N2O3S. The van der Waals surface area contributed by atoms with Crippen molar-refractivity contribution in [3.8, 4) is 0 Å². The predicted octanol–water partition coefficient (Wildman–Crippen LogP) is 2.55. The smallest absolute Gasteiger partial charge is 0.243 e. The van der Waals surface area contributed by atoms with Gasteiger partial charge in [0, 0.05) is 25.1 Å². The summed E-state index contributed by atoms with van der Waals surface area (Å²) in [6.07, 6.45) is 2.16. The lowest BCUT2D eigenvalue weighted by Gasteiger charge is -2.25. The van der Waals surface area contributed by atoms with Gasteiger partial charge in [0.2, 0.25) is 10.0 Å². The first kappa shape index (κ1) is 14.3. The van der Waals surface area contributed by atoms with Gasteiger partial charge in [0.15, 0.2) is 0 Å². The van der Waals surface area contributed by atoms with Crippen LogP contribution >= 0.6 is 0 Å². The fourth-order valence-electron chi connectivity index (χ4n) is 2.49. The summed E-state index contributed by atoms with van der Waals surface area (Å²) in [5.74, 6) is 1.17. The van der Waals surface area contributed by atoms with Gasteiger partial charge in [0.05, 0.1) is 11.1 Å². The molecule has 0 radical (unpaired) electrons. The number of hydrogen-bond acceptors (Lipinski definition) is 4. The van der Waals surface area contributed by atoms with Crippen LogP contribution in [-0.2, 0) is 23.0 Å². The van der Waals surface area contributed by atoms with Gasteiger partial charge in [-0.25, -0.2) is 8.42 Å². The SMILES string of the molecule is CC(C)c1ccc(S(=O)(=O)N2CCc3oncc3C2)cc1. The number of hydrogen-bond donors (Lipinski definition) is 0. The highest BCUT2D eigenvalue weighted by Gasteiger charge is 2.30. The summed E-state index contributed by atoms with van der Waals surface area (Å²) >= 11 is 0. The second-order valence-electron chi connectivity index (χ2n) is 5.59. The molecule has 0 aliphatic carbocycles. The highest BCUT2D eigenvalue weighted by molar-refractivity contribution is 7.89. The largest absolute Gasteiger partial charge is 0.361 e. The van der Waals surface area contributed by atoms with E-state index in [0.717, 1.165) is 16.9 Å². The van der Waals surface area contributed by atoms with Crippen molar-refractivity contribution in [2.45, 2.75) is 37.6 Å². The number of aromatic nitrogens is 1. The van der Waals surface area contributed by atoms with Crippen molar-refractivity contribution in [1.82, 2.24) is 9.46 Å². The van der Waals surface area contributed by atoms with Crippen LogP contribution in [0.1, 0.15) is 36.7 Å². The molecule has 1 aromatic heterocycles. The minimum atomic E-state index is -3.46. The Kier molecular flexibility index (Phi) is 3.59. The first-order valence-corrected chi connectivity index (χ1v) is 8.45. The van der Waals surface area contributed by atoms with Gasteiger partial charge in [0.25, 0.3) is 0 Å².